The summed E-state index contributed by atoms with van der Waals surface area (Å²) in [7, 11) is 3.10. The summed E-state index contributed by atoms with van der Waals surface area (Å²) < 4.78 is 18.0. The minimum atomic E-state index is -0.369. The number of carbonyl (C=O) groups is 1. The molecule has 0 aliphatic rings. The van der Waals surface area contributed by atoms with Crippen LogP contribution in [0, 0.1) is 5.82 Å². The van der Waals surface area contributed by atoms with Crippen molar-refractivity contribution in [1.29, 1.82) is 0 Å². The average Bonchev–Trinajstić information content (AvgIpc) is 2.35. The number of methoxy groups -OCH3 is 1. The van der Waals surface area contributed by atoms with Crippen LogP contribution in [0.15, 0.2) is 35.9 Å². The van der Waals surface area contributed by atoms with E-state index in [0.29, 0.717) is 17.8 Å². The molecule has 0 amide bonds. The molecule has 4 heteroatoms. The maximum Gasteiger partial charge on any atom is 0.333 e. The first-order valence-electron chi connectivity index (χ1n) is 5.27. The Bertz CT molecular complexity index is 429. The molecule has 0 spiro atoms. The van der Waals surface area contributed by atoms with Crippen LogP contribution in [-0.2, 0) is 9.53 Å². The quantitative estimate of drug-likeness (QED) is 0.595. The molecule has 0 aliphatic carbocycles. The van der Waals surface area contributed by atoms with Crippen molar-refractivity contribution in [3.63, 3.8) is 0 Å². The lowest BCUT2D eigenvalue weighted by molar-refractivity contribution is -0.136. The van der Waals surface area contributed by atoms with Crippen LogP contribution >= 0.6 is 0 Å². The lowest BCUT2D eigenvalue weighted by Gasteiger charge is -2.18. The number of carbonyl (C=O) groups excluding carboxylic acids is 1. The molecule has 0 fully saturated rings. The molecular weight excluding hydrogens is 221 g/mol. The van der Waals surface area contributed by atoms with E-state index < -0.39 is 0 Å². The molecule has 0 radical (unpaired) electrons. The fourth-order valence-corrected chi connectivity index (χ4v) is 1.38. The minimum Gasteiger partial charge on any atom is -0.466 e. The van der Waals surface area contributed by atoms with E-state index in [1.165, 1.54) is 13.2 Å². The first kappa shape index (κ1) is 13.2. The summed E-state index contributed by atoms with van der Waals surface area (Å²) in [6.07, 6.45) is 1.71. The Morgan fingerprint density at radius 2 is 2.12 bits per heavy atom. The second-order valence-corrected chi connectivity index (χ2v) is 3.71. The molecule has 1 aromatic carbocycles. The second kappa shape index (κ2) is 6.03. The monoisotopic (exact) mass is 237 g/mol. The van der Waals surface area contributed by atoms with Crippen LogP contribution in [0.4, 0.5) is 10.1 Å². The van der Waals surface area contributed by atoms with Crippen molar-refractivity contribution in [3.05, 3.63) is 41.7 Å². The summed E-state index contributed by atoms with van der Waals surface area (Å²) in [5, 5.41) is 0. The SMILES string of the molecule is COC(=O)C(C)=CCN(C)c1ccccc1F. The number of anilines is 1. The van der Waals surface area contributed by atoms with Crippen molar-refractivity contribution in [2.45, 2.75) is 6.92 Å². The number of likely N-dealkylation sites (N-methyl/N-ethyl adjacent to an activating group) is 1. The van der Waals surface area contributed by atoms with Gasteiger partial charge in [0.25, 0.3) is 0 Å². The summed E-state index contributed by atoms with van der Waals surface area (Å²) in [4.78, 5) is 12.9. The molecule has 92 valence electrons. The Balaban J connectivity index is 2.71. The van der Waals surface area contributed by atoms with E-state index in [-0.39, 0.29) is 11.8 Å². The number of rotatable bonds is 4. The van der Waals surface area contributed by atoms with Gasteiger partial charge in [-0.15, -0.1) is 0 Å². The van der Waals surface area contributed by atoms with E-state index in [0.717, 1.165) is 0 Å². The van der Waals surface area contributed by atoms with Gasteiger partial charge in [-0.1, -0.05) is 18.2 Å². The molecule has 0 bridgehead atoms. The Morgan fingerprint density at radius 3 is 2.71 bits per heavy atom. The number of hydrogen-bond donors (Lipinski definition) is 0. The third-order valence-electron chi connectivity index (χ3n) is 2.44. The van der Waals surface area contributed by atoms with Crippen LogP contribution < -0.4 is 4.90 Å². The van der Waals surface area contributed by atoms with Crippen molar-refractivity contribution < 1.29 is 13.9 Å². The third kappa shape index (κ3) is 3.59. The third-order valence-corrected chi connectivity index (χ3v) is 2.44. The largest absolute Gasteiger partial charge is 0.466 e. The van der Waals surface area contributed by atoms with Crippen LogP contribution in [0.3, 0.4) is 0 Å². The van der Waals surface area contributed by atoms with Gasteiger partial charge in [0.15, 0.2) is 0 Å². The summed E-state index contributed by atoms with van der Waals surface area (Å²) in [6, 6.07) is 6.51. The van der Waals surface area contributed by atoms with Gasteiger partial charge in [-0.3, -0.25) is 0 Å². The smallest absolute Gasteiger partial charge is 0.333 e. The Kier molecular flexibility index (Phi) is 4.69. The van der Waals surface area contributed by atoms with Crippen LogP contribution in [0.25, 0.3) is 0 Å². The fourth-order valence-electron chi connectivity index (χ4n) is 1.38. The lowest BCUT2D eigenvalue weighted by atomic mass is 10.2. The molecule has 0 saturated heterocycles. The molecule has 1 aromatic rings. The fraction of sp³-hybridized carbons (Fsp3) is 0.308. The van der Waals surface area contributed by atoms with Gasteiger partial charge in [-0.05, 0) is 19.1 Å². The molecule has 0 heterocycles. The van der Waals surface area contributed by atoms with Crippen LogP contribution in [-0.4, -0.2) is 26.7 Å². The molecule has 0 N–H and O–H groups in total. The highest BCUT2D eigenvalue weighted by Gasteiger charge is 2.06. The zero-order valence-electron chi connectivity index (χ0n) is 10.2. The maximum atomic E-state index is 13.4. The zero-order valence-corrected chi connectivity index (χ0v) is 10.2. The predicted molar refractivity (Wildman–Crippen MR) is 65.4 cm³/mol. The van der Waals surface area contributed by atoms with Gasteiger partial charge in [0.05, 0.1) is 12.8 Å². The minimum absolute atomic E-state index is 0.279. The normalized spacial score (nSPS) is 11.2. The molecule has 1 rings (SSSR count). The maximum absolute atomic E-state index is 13.4. The molecule has 0 unspecified atom stereocenters. The van der Waals surface area contributed by atoms with Gasteiger partial charge >= 0.3 is 5.97 Å². The van der Waals surface area contributed by atoms with Crippen molar-refractivity contribution in [3.8, 4) is 0 Å². The molecule has 0 aliphatic heterocycles. The molecular formula is C13H16FNO2. The van der Waals surface area contributed by atoms with Gasteiger partial charge in [0.1, 0.15) is 5.82 Å². The van der Waals surface area contributed by atoms with E-state index in [4.69, 9.17) is 0 Å². The number of ether oxygens (including phenoxy) is 1. The number of esters is 1. The standard InChI is InChI=1S/C13H16FNO2/c1-10(13(16)17-3)8-9-15(2)12-7-5-4-6-11(12)14/h4-8H,9H2,1-3H3. The van der Waals surface area contributed by atoms with E-state index in [1.54, 1.807) is 43.1 Å². The van der Waals surface area contributed by atoms with Crippen molar-refractivity contribution >= 4 is 11.7 Å². The number of benzene rings is 1. The summed E-state index contributed by atoms with van der Waals surface area (Å²) in [6.45, 7) is 2.11. The van der Waals surface area contributed by atoms with E-state index >= 15 is 0 Å². The van der Waals surface area contributed by atoms with Gasteiger partial charge in [-0.2, -0.15) is 0 Å². The molecule has 17 heavy (non-hydrogen) atoms. The first-order chi connectivity index (χ1) is 8.06. The van der Waals surface area contributed by atoms with Crippen LogP contribution in [0.2, 0.25) is 0 Å². The summed E-state index contributed by atoms with van der Waals surface area (Å²) in [5.41, 5.74) is 1.01. The molecule has 0 aromatic heterocycles. The van der Waals surface area contributed by atoms with Gasteiger partial charge < -0.3 is 9.64 Å². The van der Waals surface area contributed by atoms with Crippen molar-refractivity contribution in [1.82, 2.24) is 0 Å². The average molecular weight is 237 g/mol. The Labute approximate surface area is 100 Å². The van der Waals surface area contributed by atoms with Crippen LogP contribution in [0.1, 0.15) is 6.92 Å². The van der Waals surface area contributed by atoms with E-state index in [1.807, 2.05) is 0 Å². The van der Waals surface area contributed by atoms with E-state index in [9.17, 15) is 9.18 Å². The highest BCUT2D eigenvalue weighted by molar-refractivity contribution is 5.87. The molecule has 0 saturated carbocycles. The lowest BCUT2D eigenvalue weighted by Crippen LogP contribution is -2.19. The number of halogens is 1. The zero-order chi connectivity index (χ0) is 12.8. The topological polar surface area (TPSA) is 29.5 Å². The van der Waals surface area contributed by atoms with Crippen LogP contribution in [0.5, 0.6) is 0 Å². The first-order valence-corrected chi connectivity index (χ1v) is 5.27. The predicted octanol–water partition coefficient (Wildman–Crippen LogP) is 2.38. The highest BCUT2D eigenvalue weighted by Crippen LogP contribution is 2.16. The summed E-state index contributed by atoms with van der Waals surface area (Å²) >= 11 is 0. The van der Waals surface area contributed by atoms with Crippen molar-refractivity contribution in [2.75, 3.05) is 25.6 Å². The van der Waals surface area contributed by atoms with Gasteiger partial charge in [0, 0.05) is 19.2 Å². The Hall–Kier alpha value is -1.84. The second-order valence-electron chi connectivity index (χ2n) is 3.71. The number of hydrogen-bond acceptors (Lipinski definition) is 3. The number of para-hydroxylation sites is 1. The van der Waals surface area contributed by atoms with Crippen molar-refractivity contribution in [2.24, 2.45) is 0 Å². The van der Waals surface area contributed by atoms with Gasteiger partial charge in [0.2, 0.25) is 0 Å². The van der Waals surface area contributed by atoms with Gasteiger partial charge in [-0.25, -0.2) is 9.18 Å². The molecule has 0 atom stereocenters. The van der Waals surface area contributed by atoms with E-state index in [2.05, 4.69) is 4.74 Å². The summed E-state index contributed by atoms with van der Waals surface area (Å²) in [5.74, 6) is -0.647. The number of nitrogens with zero attached hydrogens (tertiary/aromatic N) is 1. The highest BCUT2D eigenvalue weighted by atomic mass is 19.1. The Morgan fingerprint density at radius 1 is 1.47 bits per heavy atom. The molecule has 3 nitrogen and oxygen atoms in total.